The van der Waals surface area contributed by atoms with Crippen LogP contribution >= 0.6 is 0 Å². The zero-order chi connectivity index (χ0) is 18.2. The summed E-state index contributed by atoms with van der Waals surface area (Å²) < 4.78 is 9.98. The van der Waals surface area contributed by atoms with Crippen LogP contribution in [0.1, 0.15) is 35.0 Å². The molecule has 0 aliphatic rings. The molecule has 0 aromatic carbocycles. The summed E-state index contributed by atoms with van der Waals surface area (Å²) in [5.41, 5.74) is 0. The largest absolute Gasteiger partial charge is 0.459 e. The second-order valence-electron chi connectivity index (χ2n) is 5.70. The van der Waals surface area contributed by atoms with Gasteiger partial charge in [-0.05, 0) is 30.2 Å². The van der Waals surface area contributed by atoms with E-state index in [1.807, 2.05) is 13.8 Å². The Morgan fingerprint density at radius 3 is 2.00 bits per heavy atom. The molecule has 1 atom stereocenters. The fourth-order valence-electron chi connectivity index (χ4n) is 2.12. The van der Waals surface area contributed by atoms with E-state index in [0.29, 0.717) is 0 Å². The molecular formula is C17H21N3O5. The smallest absolute Gasteiger partial charge is 0.287 e. The lowest BCUT2D eigenvalue weighted by Crippen LogP contribution is -2.50. The maximum Gasteiger partial charge on any atom is 0.287 e. The summed E-state index contributed by atoms with van der Waals surface area (Å²) in [7, 11) is 0. The topological polar surface area (TPSA) is 114 Å². The molecule has 0 saturated carbocycles. The van der Waals surface area contributed by atoms with Gasteiger partial charge in [0.2, 0.25) is 5.91 Å². The SMILES string of the molecule is CC(C)C(NC(=O)c1ccco1)C(=O)NCCNC(=O)c1ccco1. The predicted molar refractivity (Wildman–Crippen MR) is 88.9 cm³/mol. The molecule has 8 heteroatoms. The Bertz CT molecular complexity index is 692. The maximum absolute atomic E-state index is 12.3. The van der Waals surface area contributed by atoms with Crippen LogP contribution in [0.2, 0.25) is 0 Å². The summed E-state index contributed by atoms with van der Waals surface area (Å²) in [5.74, 6) is -0.907. The van der Waals surface area contributed by atoms with Crippen LogP contribution in [0.25, 0.3) is 0 Å². The zero-order valence-electron chi connectivity index (χ0n) is 14.1. The van der Waals surface area contributed by atoms with Crippen LogP contribution < -0.4 is 16.0 Å². The highest BCUT2D eigenvalue weighted by molar-refractivity contribution is 5.95. The van der Waals surface area contributed by atoms with Gasteiger partial charge in [0.1, 0.15) is 6.04 Å². The van der Waals surface area contributed by atoms with Crippen molar-refractivity contribution in [3.05, 3.63) is 48.3 Å². The van der Waals surface area contributed by atoms with Crippen LogP contribution in [0, 0.1) is 5.92 Å². The highest BCUT2D eigenvalue weighted by atomic mass is 16.3. The van der Waals surface area contributed by atoms with Crippen LogP contribution in [0.4, 0.5) is 0 Å². The van der Waals surface area contributed by atoms with E-state index >= 15 is 0 Å². The second-order valence-corrected chi connectivity index (χ2v) is 5.70. The van der Waals surface area contributed by atoms with E-state index in [1.54, 1.807) is 18.2 Å². The van der Waals surface area contributed by atoms with Gasteiger partial charge in [0.15, 0.2) is 11.5 Å². The molecule has 0 aliphatic heterocycles. The summed E-state index contributed by atoms with van der Waals surface area (Å²) in [6.07, 6.45) is 2.80. The van der Waals surface area contributed by atoms with Crippen molar-refractivity contribution in [3.63, 3.8) is 0 Å². The van der Waals surface area contributed by atoms with Gasteiger partial charge in [-0.3, -0.25) is 14.4 Å². The first kappa shape index (κ1) is 18.3. The lowest BCUT2D eigenvalue weighted by molar-refractivity contribution is -0.123. The van der Waals surface area contributed by atoms with Crippen molar-refractivity contribution in [2.75, 3.05) is 13.1 Å². The minimum atomic E-state index is -0.710. The molecule has 0 spiro atoms. The molecule has 1 unspecified atom stereocenters. The van der Waals surface area contributed by atoms with Crippen molar-refractivity contribution in [1.82, 2.24) is 16.0 Å². The summed E-state index contributed by atoms with van der Waals surface area (Å²) >= 11 is 0. The average molecular weight is 347 g/mol. The van der Waals surface area contributed by atoms with E-state index in [1.165, 1.54) is 18.6 Å². The van der Waals surface area contributed by atoms with Crippen molar-refractivity contribution in [3.8, 4) is 0 Å². The van der Waals surface area contributed by atoms with E-state index in [0.717, 1.165) is 0 Å². The zero-order valence-corrected chi connectivity index (χ0v) is 14.1. The Morgan fingerprint density at radius 2 is 1.48 bits per heavy atom. The summed E-state index contributed by atoms with van der Waals surface area (Å²) in [6, 6.07) is 5.58. The predicted octanol–water partition coefficient (Wildman–Crippen LogP) is 1.17. The number of nitrogens with one attached hydrogen (secondary N) is 3. The summed E-state index contributed by atoms with van der Waals surface area (Å²) in [6.45, 7) is 4.12. The number of rotatable bonds is 8. The van der Waals surface area contributed by atoms with Crippen LogP contribution in [-0.2, 0) is 4.79 Å². The molecule has 0 aliphatic carbocycles. The van der Waals surface area contributed by atoms with E-state index in [-0.39, 0.29) is 42.3 Å². The number of carbonyl (C=O) groups excluding carboxylic acids is 3. The third kappa shape index (κ3) is 5.23. The molecule has 2 rings (SSSR count). The van der Waals surface area contributed by atoms with Crippen molar-refractivity contribution in [1.29, 1.82) is 0 Å². The second kappa shape index (κ2) is 8.72. The van der Waals surface area contributed by atoms with Gasteiger partial charge in [0.05, 0.1) is 12.5 Å². The molecular weight excluding hydrogens is 326 g/mol. The standard InChI is InChI=1S/C17H21N3O5/c1-11(2)14(20-16(22)13-6-4-10-25-13)17(23)19-8-7-18-15(21)12-5-3-9-24-12/h3-6,9-11,14H,7-8H2,1-2H3,(H,18,21)(H,19,23)(H,20,22). The van der Waals surface area contributed by atoms with Crippen LogP contribution in [-0.4, -0.2) is 36.9 Å². The molecule has 0 fully saturated rings. The number of furan rings is 2. The van der Waals surface area contributed by atoms with Crippen LogP contribution in [0.3, 0.4) is 0 Å². The number of carbonyl (C=O) groups is 3. The monoisotopic (exact) mass is 347 g/mol. The Morgan fingerprint density at radius 1 is 0.920 bits per heavy atom. The highest BCUT2D eigenvalue weighted by Crippen LogP contribution is 2.05. The normalized spacial score (nSPS) is 11.8. The van der Waals surface area contributed by atoms with Crippen molar-refractivity contribution < 1.29 is 23.2 Å². The maximum atomic E-state index is 12.3. The van der Waals surface area contributed by atoms with Crippen LogP contribution in [0.5, 0.6) is 0 Å². The Kier molecular flexibility index (Phi) is 6.39. The lowest BCUT2D eigenvalue weighted by atomic mass is 10.0. The van der Waals surface area contributed by atoms with Gasteiger partial charge < -0.3 is 24.8 Å². The molecule has 2 aromatic heterocycles. The van der Waals surface area contributed by atoms with Gasteiger partial charge in [-0.25, -0.2) is 0 Å². The molecule has 2 heterocycles. The molecule has 134 valence electrons. The lowest BCUT2D eigenvalue weighted by Gasteiger charge is -2.21. The molecule has 8 nitrogen and oxygen atoms in total. The van der Waals surface area contributed by atoms with Crippen LogP contribution in [0.15, 0.2) is 45.6 Å². The van der Waals surface area contributed by atoms with E-state index in [9.17, 15) is 14.4 Å². The first-order valence-corrected chi connectivity index (χ1v) is 7.93. The average Bonchev–Trinajstić information content (AvgIpc) is 3.28. The summed E-state index contributed by atoms with van der Waals surface area (Å²) in [5, 5.41) is 7.95. The quantitative estimate of drug-likeness (QED) is 0.620. The fourth-order valence-corrected chi connectivity index (χ4v) is 2.12. The molecule has 2 aromatic rings. The minimum absolute atomic E-state index is 0.114. The highest BCUT2D eigenvalue weighted by Gasteiger charge is 2.25. The van der Waals surface area contributed by atoms with Gasteiger partial charge >= 0.3 is 0 Å². The molecule has 0 saturated heterocycles. The van der Waals surface area contributed by atoms with Gasteiger partial charge in [-0.2, -0.15) is 0 Å². The molecule has 3 amide bonds. The Hall–Kier alpha value is -3.03. The summed E-state index contributed by atoms with van der Waals surface area (Å²) in [4.78, 5) is 36.0. The third-order valence-corrected chi connectivity index (χ3v) is 3.44. The molecule has 25 heavy (non-hydrogen) atoms. The molecule has 0 bridgehead atoms. The van der Waals surface area contributed by atoms with Crippen molar-refractivity contribution in [2.45, 2.75) is 19.9 Å². The van der Waals surface area contributed by atoms with Gasteiger partial charge in [0.25, 0.3) is 11.8 Å². The van der Waals surface area contributed by atoms with E-state index < -0.39 is 11.9 Å². The molecule has 3 N–H and O–H groups in total. The van der Waals surface area contributed by atoms with Gasteiger partial charge in [-0.15, -0.1) is 0 Å². The van der Waals surface area contributed by atoms with Gasteiger partial charge in [0, 0.05) is 13.1 Å². The Balaban J connectivity index is 1.78. The first-order chi connectivity index (χ1) is 12.0. The number of hydrogen-bond acceptors (Lipinski definition) is 5. The third-order valence-electron chi connectivity index (χ3n) is 3.44. The fraction of sp³-hybridized carbons (Fsp3) is 0.353. The van der Waals surface area contributed by atoms with E-state index in [2.05, 4.69) is 16.0 Å². The Labute approximate surface area is 144 Å². The van der Waals surface area contributed by atoms with Crippen molar-refractivity contribution in [2.24, 2.45) is 5.92 Å². The first-order valence-electron chi connectivity index (χ1n) is 7.93. The van der Waals surface area contributed by atoms with Gasteiger partial charge in [-0.1, -0.05) is 13.8 Å². The van der Waals surface area contributed by atoms with E-state index in [4.69, 9.17) is 8.83 Å². The molecule has 0 radical (unpaired) electrons. The van der Waals surface area contributed by atoms with Crippen molar-refractivity contribution >= 4 is 17.7 Å². The number of hydrogen-bond donors (Lipinski definition) is 3. The minimum Gasteiger partial charge on any atom is -0.459 e. The number of amides is 3.